The largest absolute Gasteiger partial charge is 0.508 e. The Balaban J connectivity index is 2.72. The van der Waals surface area contributed by atoms with Gasteiger partial charge in [0, 0.05) is 5.56 Å². The molecule has 0 spiro atoms. The number of phenolic OH excluding ortho intramolecular Hbond substituents is 1. The van der Waals surface area contributed by atoms with Crippen LogP contribution in [0, 0.1) is 6.92 Å². The highest BCUT2D eigenvalue weighted by molar-refractivity contribution is 5.87. The van der Waals surface area contributed by atoms with Gasteiger partial charge >= 0.3 is 5.63 Å². The van der Waals surface area contributed by atoms with Gasteiger partial charge in [-0.1, -0.05) is 12.7 Å². The van der Waals surface area contributed by atoms with E-state index in [0.29, 0.717) is 28.9 Å². The molecule has 4 heteroatoms. The topological polar surface area (TPSA) is 59.7 Å². The number of hydrogen-bond acceptors (Lipinski definition) is 4. The van der Waals surface area contributed by atoms with Gasteiger partial charge in [-0.3, -0.25) is 0 Å². The average Bonchev–Trinajstić information content (AvgIpc) is 2.31. The molecule has 0 radical (unpaired) electrons. The molecular formula is C13H12O4. The van der Waals surface area contributed by atoms with E-state index in [2.05, 4.69) is 6.58 Å². The molecule has 0 aliphatic carbocycles. The molecule has 1 heterocycles. The molecule has 4 nitrogen and oxygen atoms in total. The molecule has 0 atom stereocenters. The Morgan fingerprint density at radius 2 is 2.29 bits per heavy atom. The van der Waals surface area contributed by atoms with Crippen molar-refractivity contribution in [2.45, 2.75) is 6.92 Å². The summed E-state index contributed by atoms with van der Waals surface area (Å²) in [5.41, 5.74) is 0.352. The summed E-state index contributed by atoms with van der Waals surface area (Å²) in [6.45, 7) is 5.53. The van der Waals surface area contributed by atoms with Crippen LogP contribution in [0.2, 0.25) is 0 Å². The van der Waals surface area contributed by atoms with Crippen molar-refractivity contribution >= 4 is 11.0 Å². The highest BCUT2D eigenvalue weighted by Crippen LogP contribution is 2.30. The highest BCUT2D eigenvalue weighted by Gasteiger charge is 2.11. The summed E-state index contributed by atoms with van der Waals surface area (Å²) in [6, 6.07) is 4.47. The second-order valence-corrected chi connectivity index (χ2v) is 3.62. The lowest BCUT2D eigenvalue weighted by atomic mass is 10.1. The molecule has 0 aliphatic rings. The fraction of sp³-hybridized carbons (Fsp3) is 0.154. The van der Waals surface area contributed by atoms with Gasteiger partial charge in [0.1, 0.15) is 23.7 Å². The average molecular weight is 232 g/mol. The normalized spacial score (nSPS) is 10.4. The minimum absolute atomic E-state index is 0.0847. The van der Waals surface area contributed by atoms with E-state index in [0.717, 1.165) is 0 Å². The number of ether oxygens (including phenoxy) is 1. The van der Waals surface area contributed by atoms with Crippen LogP contribution in [0.3, 0.4) is 0 Å². The first-order valence-corrected chi connectivity index (χ1v) is 5.13. The van der Waals surface area contributed by atoms with Crippen LogP contribution >= 0.6 is 0 Å². The molecular weight excluding hydrogens is 220 g/mol. The molecule has 0 saturated heterocycles. The predicted octanol–water partition coefficient (Wildman–Crippen LogP) is 2.37. The smallest absolute Gasteiger partial charge is 0.339 e. The fourth-order valence-electron chi connectivity index (χ4n) is 1.59. The molecule has 2 aromatic rings. The minimum Gasteiger partial charge on any atom is -0.508 e. The number of hydrogen-bond donors (Lipinski definition) is 1. The van der Waals surface area contributed by atoms with Crippen molar-refractivity contribution < 1.29 is 14.3 Å². The van der Waals surface area contributed by atoms with Gasteiger partial charge in [0.05, 0.1) is 11.5 Å². The van der Waals surface area contributed by atoms with Crippen LogP contribution in [0.4, 0.5) is 0 Å². The van der Waals surface area contributed by atoms with Crippen molar-refractivity contribution in [1.29, 1.82) is 0 Å². The predicted molar refractivity (Wildman–Crippen MR) is 64.6 cm³/mol. The summed E-state index contributed by atoms with van der Waals surface area (Å²) < 4.78 is 10.5. The van der Waals surface area contributed by atoms with Gasteiger partial charge in [-0.25, -0.2) is 4.79 Å². The summed E-state index contributed by atoms with van der Waals surface area (Å²) in [6.07, 6.45) is 1.59. The zero-order valence-electron chi connectivity index (χ0n) is 9.40. The molecule has 0 fully saturated rings. The van der Waals surface area contributed by atoms with Crippen molar-refractivity contribution in [3.8, 4) is 11.5 Å². The number of fused-ring (bicyclic) bond motifs is 1. The number of rotatable bonds is 3. The third-order valence-corrected chi connectivity index (χ3v) is 2.45. The van der Waals surface area contributed by atoms with E-state index in [4.69, 9.17) is 9.15 Å². The Kier molecular flexibility index (Phi) is 2.87. The van der Waals surface area contributed by atoms with Crippen molar-refractivity contribution in [2.24, 2.45) is 0 Å². The molecule has 0 bridgehead atoms. The maximum atomic E-state index is 11.4. The molecule has 1 aromatic heterocycles. The number of aryl methyl sites for hydroxylation is 1. The van der Waals surface area contributed by atoms with Gasteiger partial charge in [-0.15, -0.1) is 0 Å². The molecule has 0 unspecified atom stereocenters. The van der Waals surface area contributed by atoms with Gasteiger partial charge in [-0.05, 0) is 19.1 Å². The van der Waals surface area contributed by atoms with Crippen LogP contribution in [0.15, 0.2) is 40.1 Å². The first kappa shape index (κ1) is 11.3. The second kappa shape index (κ2) is 4.33. The Labute approximate surface area is 97.8 Å². The first-order valence-electron chi connectivity index (χ1n) is 5.13. The Morgan fingerprint density at radius 3 is 3.00 bits per heavy atom. The summed E-state index contributed by atoms with van der Waals surface area (Å²) in [7, 11) is 0. The van der Waals surface area contributed by atoms with Gasteiger partial charge in [0.25, 0.3) is 0 Å². The SMILES string of the molecule is C=CCOc1cc(=O)oc2c(C)c(O)ccc12. The summed E-state index contributed by atoms with van der Waals surface area (Å²) >= 11 is 0. The lowest BCUT2D eigenvalue weighted by molar-refractivity contribution is 0.363. The van der Waals surface area contributed by atoms with E-state index in [-0.39, 0.29) is 5.75 Å². The third-order valence-electron chi connectivity index (χ3n) is 2.45. The fourth-order valence-corrected chi connectivity index (χ4v) is 1.59. The van der Waals surface area contributed by atoms with Crippen LogP contribution in [0.1, 0.15) is 5.56 Å². The lowest BCUT2D eigenvalue weighted by Crippen LogP contribution is -2.02. The monoisotopic (exact) mass is 232 g/mol. The quantitative estimate of drug-likeness (QED) is 0.652. The lowest BCUT2D eigenvalue weighted by Gasteiger charge is -2.08. The summed E-state index contributed by atoms with van der Waals surface area (Å²) in [5.74, 6) is 0.515. The second-order valence-electron chi connectivity index (χ2n) is 3.62. The van der Waals surface area contributed by atoms with Crippen LogP contribution in [0.5, 0.6) is 11.5 Å². The van der Waals surface area contributed by atoms with Gasteiger partial charge in [0.15, 0.2) is 0 Å². The van der Waals surface area contributed by atoms with E-state index >= 15 is 0 Å². The van der Waals surface area contributed by atoms with E-state index in [1.165, 1.54) is 6.07 Å². The van der Waals surface area contributed by atoms with E-state index in [1.54, 1.807) is 25.1 Å². The molecule has 2 rings (SSSR count). The summed E-state index contributed by atoms with van der Waals surface area (Å²) in [4.78, 5) is 11.4. The van der Waals surface area contributed by atoms with Crippen molar-refractivity contribution in [3.63, 3.8) is 0 Å². The molecule has 0 saturated carbocycles. The zero-order chi connectivity index (χ0) is 12.4. The van der Waals surface area contributed by atoms with Crippen LogP contribution < -0.4 is 10.4 Å². The molecule has 1 N–H and O–H groups in total. The first-order chi connectivity index (χ1) is 8.13. The van der Waals surface area contributed by atoms with Crippen LogP contribution in [-0.2, 0) is 0 Å². The van der Waals surface area contributed by atoms with Gasteiger partial charge in [0.2, 0.25) is 0 Å². The number of phenols is 1. The highest BCUT2D eigenvalue weighted by atomic mass is 16.5. The maximum Gasteiger partial charge on any atom is 0.339 e. The molecule has 88 valence electrons. The Morgan fingerprint density at radius 1 is 1.53 bits per heavy atom. The van der Waals surface area contributed by atoms with E-state index in [1.807, 2.05) is 0 Å². The standard InChI is InChI=1S/C13H12O4/c1-3-6-16-11-7-12(15)17-13-8(2)10(14)5-4-9(11)13/h3-5,7,14H,1,6H2,2H3. The Bertz CT molecular complexity index is 625. The molecule has 0 amide bonds. The van der Waals surface area contributed by atoms with Gasteiger partial charge in [-0.2, -0.15) is 0 Å². The maximum absolute atomic E-state index is 11.4. The minimum atomic E-state index is -0.509. The number of aromatic hydroxyl groups is 1. The van der Waals surface area contributed by atoms with Crippen LogP contribution in [0.25, 0.3) is 11.0 Å². The van der Waals surface area contributed by atoms with Crippen molar-refractivity contribution in [3.05, 3.63) is 46.8 Å². The van der Waals surface area contributed by atoms with Crippen LogP contribution in [-0.4, -0.2) is 11.7 Å². The molecule has 1 aromatic carbocycles. The molecule has 17 heavy (non-hydrogen) atoms. The number of benzene rings is 1. The van der Waals surface area contributed by atoms with E-state index < -0.39 is 5.63 Å². The van der Waals surface area contributed by atoms with E-state index in [9.17, 15) is 9.90 Å². The summed E-state index contributed by atoms with van der Waals surface area (Å²) in [5, 5.41) is 10.2. The van der Waals surface area contributed by atoms with Crippen molar-refractivity contribution in [1.82, 2.24) is 0 Å². The van der Waals surface area contributed by atoms with Crippen molar-refractivity contribution in [2.75, 3.05) is 6.61 Å². The van der Waals surface area contributed by atoms with Gasteiger partial charge < -0.3 is 14.3 Å². The third kappa shape index (κ3) is 2.01. The zero-order valence-corrected chi connectivity index (χ0v) is 9.40. The Hall–Kier alpha value is -2.23. The molecule has 0 aliphatic heterocycles.